The van der Waals surface area contributed by atoms with E-state index >= 15 is 0 Å². The number of rotatable bonds is 11. The molecule has 5 nitrogen and oxygen atoms in total. The fourth-order valence-corrected chi connectivity index (χ4v) is 3.45. The van der Waals surface area contributed by atoms with Gasteiger partial charge in [-0.25, -0.2) is 4.98 Å². The molecule has 1 aromatic rings. The molecule has 0 saturated heterocycles. The van der Waals surface area contributed by atoms with Gasteiger partial charge in [-0.1, -0.05) is 6.92 Å². The van der Waals surface area contributed by atoms with E-state index in [-0.39, 0.29) is 0 Å². The number of anilines is 1. The van der Waals surface area contributed by atoms with Gasteiger partial charge in [-0.15, -0.1) is 11.3 Å². The minimum atomic E-state index is 0.586. The normalized spacial score (nSPS) is 14.6. The lowest BCUT2D eigenvalue weighted by atomic mass is 10.3. The third-order valence-electron chi connectivity index (χ3n) is 3.51. The maximum Gasteiger partial charge on any atom is 0.186 e. The smallest absolute Gasteiger partial charge is 0.186 e. The van der Waals surface area contributed by atoms with Crippen LogP contribution in [0, 0.1) is 0 Å². The Balaban J connectivity index is 2.03. The van der Waals surface area contributed by atoms with Crippen LogP contribution in [0.1, 0.15) is 36.8 Å². The van der Waals surface area contributed by atoms with Crippen LogP contribution in [-0.4, -0.2) is 44.9 Å². The Bertz CT molecular complexity index is 421. The molecule has 1 fully saturated rings. The van der Waals surface area contributed by atoms with Crippen molar-refractivity contribution in [2.45, 2.75) is 45.4 Å². The van der Waals surface area contributed by atoms with Gasteiger partial charge in [0.15, 0.2) is 5.13 Å². The van der Waals surface area contributed by atoms with Crippen molar-refractivity contribution in [3.63, 3.8) is 0 Å². The van der Waals surface area contributed by atoms with Crippen LogP contribution in [0.5, 0.6) is 0 Å². The van der Waals surface area contributed by atoms with Crippen LogP contribution in [0.2, 0.25) is 0 Å². The summed E-state index contributed by atoms with van der Waals surface area (Å²) in [6.45, 7) is 6.34. The molecule has 0 spiro atoms. The fraction of sp³-hybridized carbons (Fsp3) is 0.800. The Hall–Kier alpha value is -0.690. The molecule has 120 valence electrons. The van der Waals surface area contributed by atoms with Crippen molar-refractivity contribution in [3.8, 4) is 0 Å². The number of ether oxygens (including phenoxy) is 2. The number of nitrogens with one attached hydrogen (secondary N) is 1. The number of nitrogens with zero attached hydrogens (tertiary/aromatic N) is 2. The summed E-state index contributed by atoms with van der Waals surface area (Å²) < 4.78 is 10.4. The van der Waals surface area contributed by atoms with Crippen LogP contribution in [0.4, 0.5) is 5.13 Å². The van der Waals surface area contributed by atoms with Gasteiger partial charge in [0.1, 0.15) is 0 Å². The molecule has 1 aliphatic rings. The van der Waals surface area contributed by atoms with Crippen LogP contribution in [-0.2, 0) is 22.6 Å². The highest BCUT2D eigenvalue weighted by Crippen LogP contribution is 2.35. The fourth-order valence-electron chi connectivity index (χ4n) is 2.32. The highest BCUT2D eigenvalue weighted by molar-refractivity contribution is 7.15. The zero-order valence-electron chi connectivity index (χ0n) is 13.4. The molecule has 1 heterocycles. The van der Waals surface area contributed by atoms with E-state index in [2.05, 4.69) is 17.1 Å². The molecule has 6 heteroatoms. The predicted molar refractivity (Wildman–Crippen MR) is 87.1 cm³/mol. The SMILES string of the molecule is CCCN(c1nc(COC)c(CNCCOC)s1)C1CC1. The second kappa shape index (κ2) is 8.68. The maximum atomic E-state index is 5.30. The van der Waals surface area contributed by atoms with Crippen LogP contribution < -0.4 is 10.2 Å². The molecule has 21 heavy (non-hydrogen) atoms. The van der Waals surface area contributed by atoms with Crippen LogP contribution in [0.25, 0.3) is 0 Å². The second-order valence-electron chi connectivity index (χ2n) is 5.39. The third kappa shape index (κ3) is 4.92. The van der Waals surface area contributed by atoms with E-state index in [9.17, 15) is 0 Å². The third-order valence-corrected chi connectivity index (χ3v) is 4.65. The van der Waals surface area contributed by atoms with E-state index in [1.54, 1.807) is 25.6 Å². The van der Waals surface area contributed by atoms with Gasteiger partial charge in [0.2, 0.25) is 0 Å². The molecule has 2 rings (SSSR count). The van der Waals surface area contributed by atoms with E-state index in [0.717, 1.165) is 43.5 Å². The average Bonchev–Trinajstić information content (AvgIpc) is 3.24. The maximum absolute atomic E-state index is 5.30. The summed E-state index contributed by atoms with van der Waals surface area (Å²) in [5, 5.41) is 4.56. The van der Waals surface area contributed by atoms with Crippen molar-refractivity contribution in [3.05, 3.63) is 10.6 Å². The average molecular weight is 313 g/mol. The molecule has 0 aliphatic heterocycles. The first kappa shape index (κ1) is 16.7. The van der Waals surface area contributed by atoms with E-state index in [1.807, 2.05) is 0 Å². The van der Waals surface area contributed by atoms with Crippen LogP contribution >= 0.6 is 11.3 Å². The highest BCUT2D eigenvalue weighted by Gasteiger charge is 2.31. The molecule has 1 aliphatic carbocycles. The second-order valence-corrected chi connectivity index (χ2v) is 6.46. The van der Waals surface area contributed by atoms with E-state index < -0.39 is 0 Å². The van der Waals surface area contributed by atoms with Crippen molar-refractivity contribution in [1.29, 1.82) is 0 Å². The first-order valence-corrected chi connectivity index (χ1v) is 8.55. The number of methoxy groups -OCH3 is 2. The van der Waals surface area contributed by atoms with Crippen molar-refractivity contribution >= 4 is 16.5 Å². The zero-order chi connectivity index (χ0) is 15.1. The predicted octanol–water partition coefficient (Wildman–Crippen LogP) is 2.40. The largest absolute Gasteiger partial charge is 0.383 e. The lowest BCUT2D eigenvalue weighted by Gasteiger charge is -2.20. The van der Waals surface area contributed by atoms with Crippen LogP contribution in [0.15, 0.2) is 0 Å². The quantitative estimate of drug-likeness (QED) is 0.636. The van der Waals surface area contributed by atoms with Crippen molar-refractivity contribution in [1.82, 2.24) is 10.3 Å². The van der Waals surface area contributed by atoms with Gasteiger partial charge in [0, 0.05) is 44.8 Å². The number of thiazole rings is 1. The summed E-state index contributed by atoms with van der Waals surface area (Å²) in [5.74, 6) is 0. The van der Waals surface area contributed by atoms with Crippen LogP contribution in [0.3, 0.4) is 0 Å². The summed E-state index contributed by atoms with van der Waals surface area (Å²) in [6, 6.07) is 0.709. The summed E-state index contributed by atoms with van der Waals surface area (Å²) in [5.41, 5.74) is 1.07. The number of aromatic nitrogens is 1. The Labute approximate surface area is 131 Å². The van der Waals surface area contributed by atoms with Gasteiger partial charge < -0.3 is 19.7 Å². The van der Waals surface area contributed by atoms with Crippen molar-refractivity contribution < 1.29 is 9.47 Å². The van der Waals surface area contributed by atoms with Gasteiger partial charge in [-0.2, -0.15) is 0 Å². The number of hydrogen-bond donors (Lipinski definition) is 1. The minimum Gasteiger partial charge on any atom is -0.383 e. The first-order valence-electron chi connectivity index (χ1n) is 7.74. The Morgan fingerprint density at radius 2 is 2.14 bits per heavy atom. The summed E-state index contributed by atoms with van der Waals surface area (Å²) >= 11 is 1.81. The summed E-state index contributed by atoms with van der Waals surface area (Å²) in [7, 11) is 3.45. The molecule has 1 aromatic heterocycles. The Morgan fingerprint density at radius 1 is 1.33 bits per heavy atom. The molecular formula is C15H27N3O2S. The monoisotopic (exact) mass is 313 g/mol. The molecule has 1 saturated carbocycles. The standard InChI is InChI=1S/C15H27N3O2S/c1-4-8-18(12-5-6-12)15-17-13(11-20-3)14(21-15)10-16-7-9-19-2/h12,16H,4-11H2,1-3H3. The first-order chi connectivity index (χ1) is 10.3. The van der Waals surface area contributed by atoms with Crippen molar-refractivity contribution in [2.24, 2.45) is 0 Å². The molecule has 0 unspecified atom stereocenters. The molecule has 0 bridgehead atoms. The zero-order valence-corrected chi connectivity index (χ0v) is 14.2. The topological polar surface area (TPSA) is 46.6 Å². The summed E-state index contributed by atoms with van der Waals surface area (Å²) in [6.07, 6.45) is 3.78. The van der Waals surface area contributed by atoms with E-state index in [0.29, 0.717) is 12.6 Å². The molecular weight excluding hydrogens is 286 g/mol. The summed E-state index contributed by atoms with van der Waals surface area (Å²) in [4.78, 5) is 8.58. The molecule has 1 N–H and O–H groups in total. The molecule has 0 radical (unpaired) electrons. The highest BCUT2D eigenvalue weighted by atomic mass is 32.1. The minimum absolute atomic E-state index is 0.586. The molecule has 0 amide bonds. The molecule has 0 atom stereocenters. The molecule has 0 aromatic carbocycles. The van der Waals surface area contributed by atoms with Gasteiger partial charge >= 0.3 is 0 Å². The van der Waals surface area contributed by atoms with Gasteiger partial charge in [0.05, 0.1) is 18.9 Å². The van der Waals surface area contributed by atoms with Gasteiger partial charge in [-0.3, -0.25) is 0 Å². The van der Waals surface area contributed by atoms with Gasteiger partial charge in [0.25, 0.3) is 0 Å². The van der Waals surface area contributed by atoms with E-state index in [4.69, 9.17) is 14.5 Å². The van der Waals surface area contributed by atoms with Gasteiger partial charge in [-0.05, 0) is 19.3 Å². The Morgan fingerprint density at radius 3 is 2.76 bits per heavy atom. The lowest BCUT2D eigenvalue weighted by molar-refractivity contribution is 0.181. The lowest BCUT2D eigenvalue weighted by Crippen LogP contribution is -2.26. The number of hydrogen-bond acceptors (Lipinski definition) is 6. The van der Waals surface area contributed by atoms with Crippen molar-refractivity contribution in [2.75, 3.05) is 38.8 Å². The van der Waals surface area contributed by atoms with E-state index in [1.165, 1.54) is 17.7 Å². The Kier molecular flexibility index (Phi) is 6.89.